The van der Waals surface area contributed by atoms with E-state index < -0.39 is 11.0 Å². The molecule has 9 heteroatoms. The number of nitrogens with zero attached hydrogens (tertiary/aromatic N) is 1. The summed E-state index contributed by atoms with van der Waals surface area (Å²) in [6.07, 6.45) is 1.17. The van der Waals surface area contributed by atoms with Crippen LogP contribution in [0, 0.1) is 15.5 Å². The molecule has 0 aliphatic rings. The lowest BCUT2D eigenvalue weighted by molar-refractivity contribution is -0.384. The normalized spacial score (nSPS) is 11.4. The van der Waals surface area contributed by atoms with Crippen molar-refractivity contribution >= 4 is 23.2 Å². The third-order valence-electron chi connectivity index (χ3n) is 4.04. The lowest BCUT2D eigenvalue weighted by Crippen LogP contribution is -2.41. The number of non-ortho nitro benzene ring substituents is 1. The highest BCUT2D eigenvalue weighted by molar-refractivity contribution is 5.94. The zero-order chi connectivity index (χ0) is 20.4. The van der Waals surface area contributed by atoms with E-state index in [-0.39, 0.29) is 17.6 Å². The van der Waals surface area contributed by atoms with Crippen LogP contribution in [0.4, 0.5) is 11.4 Å². The second kappa shape index (κ2) is 10.6. The minimum absolute atomic E-state index is 0.0351. The molecule has 2 aromatic rings. The van der Waals surface area contributed by atoms with E-state index in [1.807, 2.05) is 30.3 Å². The Morgan fingerprint density at radius 3 is 2.43 bits per heavy atom. The van der Waals surface area contributed by atoms with Crippen LogP contribution in [-0.2, 0) is 11.3 Å². The molecule has 6 N–H and O–H groups in total. The van der Waals surface area contributed by atoms with E-state index in [2.05, 4.69) is 16.0 Å². The molecule has 0 aromatic heterocycles. The summed E-state index contributed by atoms with van der Waals surface area (Å²) in [7, 11) is 0. The third-order valence-corrected chi connectivity index (χ3v) is 4.04. The number of hydrogen-bond acceptors (Lipinski definition) is 5. The molecule has 0 radical (unpaired) electrons. The Kier molecular flexibility index (Phi) is 7.92. The van der Waals surface area contributed by atoms with Crippen molar-refractivity contribution in [1.82, 2.24) is 10.6 Å². The highest BCUT2D eigenvalue weighted by atomic mass is 16.6. The van der Waals surface area contributed by atoms with E-state index in [1.165, 1.54) is 24.3 Å². The van der Waals surface area contributed by atoms with E-state index in [0.717, 1.165) is 5.56 Å². The maximum absolute atomic E-state index is 12.7. The molecule has 0 bridgehead atoms. The molecule has 148 valence electrons. The van der Waals surface area contributed by atoms with Gasteiger partial charge in [0.15, 0.2) is 5.96 Å². The second-order valence-corrected chi connectivity index (χ2v) is 6.20. The maximum Gasteiger partial charge on any atom is 0.269 e. The van der Waals surface area contributed by atoms with Crippen LogP contribution in [0.15, 0.2) is 54.6 Å². The van der Waals surface area contributed by atoms with E-state index in [0.29, 0.717) is 31.6 Å². The summed E-state index contributed by atoms with van der Waals surface area (Å²) in [4.78, 5) is 22.9. The number of rotatable bonds is 10. The molecular weight excluding hydrogens is 360 g/mol. The average Bonchev–Trinajstić information content (AvgIpc) is 2.68. The number of carbonyl (C=O) groups is 1. The standard InChI is InChI=1S/C19H24N6O3/c20-19(21)22-12-4-7-17(23-13-14-5-2-1-3-6-14)18(26)24-15-8-10-16(11-9-15)25(27)28/h1-3,5-6,8-11,17,23H,4,7,12-13H2,(H,24,26)(H4,20,21,22)/t17-/m0/s1. The SMILES string of the molecule is N=C(N)NCCC[C@H](NCc1ccccc1)C(=O)Nc1ccc([N+](=O)[O-])cc1. The van der Waals surface area contributed by atoms with Crippen LogP contribution in [0.3, 0.4) is 0 Å². The predicted molar refractivity (Wildman–Crippen MR) is 108 cm³/mol. The molecule has 1 amide bonds. The van der Waals surface area contributed by atoms with E-state index in [1.54, 1.807) is 0 Å². The molecule has 0 saturated heterocycles. The first-order chi connectivity index (χ1) is 13.5. The highest BCUT2D eigenvalue weighted by Gasteiger charge is 2.18. The second-order valence-electron chi connectivity index (χ2n) is 6.20. The minimum Gasteiger partial charge on any atom is -0.370 e. The van der Waals surface area contributed by atoms with Gasteiger partial charge in [0.05, 0.1) is 11.0 Å². The third kappa shape index (κ3) is 7.04. The number of amides is 1. The summed E-state index contributed by atoms with van der Waals surface area (Å²) >= 11 is 0. The summed E-state index contributed by atoms with van der Waals surface area (Å²) in [5.74, 6) is -0.336. The Labute approximate surface area is 163 Å². The fourth-order valence-electron chi connectivity index (χ4n) is 2.59. The average molecular weight is 384 g/mol. The van der Waals surface area contributed by atoms with Gasteiger partial charge >= 0.3 is 0 Å². The van der Waals surface area contributed by atoms with Crippen molar-refractivity contribution in [3.63, 3.8) is 0 Å². The number of nitrogens with one attached hydrogen (secondary N) is 4. The van der Waals surface area contributed by atoms with E-state index in [4.69, 9.17) is 11.1 Å². The van der Waals surface area contributed by atoms with Crippen LogP contribution in [0.25, 0.3) is 0 Å². The number of benzene rings is 2. The molecule has 0 unspecified atom stereocenters. The largest absolute Gasteiger partial charge is 0.370 e. The van der Waals surface area contributed by atoms with Crippen molar-refractivity contribution in [2.24, 2.45) is 5.73 Å². The van der Waals surface area contributed by atoms with Gasteiger partial charge in [0, 0.05) is 30.9 Å². The Hall–Kier alpha value is -3.46. The van der Waals surface area contributed by atoms with Crippen LogP contribution in [0.5, 0.6) is 0 Å². The first-order valence-electron chi connectivity index (χ1n) is 8.86. The van der Waals surface area contributed by atoms with Gasteiger partial charge in [-0.15, -0.1) is 0 Å². The van der Waals surface area contributed by atoms with Crippen molar-refractivity contribution in [3.8, 4) is 0 Å². The van der Waals surface area contributed by atoms with Crippen LogP contribution in [0.1, 0.15) is 18.4 Å². The molecule has 2 rings (SSSR count). The Balaban J connectivity index is 1.97. The van der Waals surface area contributed by atoms with Gasteiger partial charge in [0.1, 0.15) is 0 Å². The lowest BCUT2D eigenvalue weighted by Gasteiger charge is -2.19. The summed E-state index contributed by atoms with van der Waals surface area (Å²) in [5.41, 5.74) is 6.78. The Morgan fingerprint density at radius 2 is 1.82 bits per heavy atom. The summed E-state index contributed by atoms with van der Waals surface area (Å²) < 4.78 is 0. The van der Waals surface area contributed by atoms with Gasteiger partial charge in [-0.25, -0.2) is 0 Å². The minimum atomic E-state index is -0.488. The van der Waals surface area contributed by atoms with Crippen molar-refractivity contribution in [2.75, 3.05) is 11.9 Å². The highest BCUT2D eigenvalue weighted by Crippen LogP contribution is 2.16. The van der Waals surface area contributed by atoms with E-state index >= 15 is 0 Å². The fourth-order valence-corrected chi connectivity index (χ4v) is 2.59. The molecule has 0 spiro atoms. The van der Waals surface area contributed by atoms with Gasteiger partial charge < -0.3 is 21.7 Å². The molecule has 0 fully saturated rings. The molecule has 0 aliphatic carbocycles. The molecule has 9 nitrogen and oxygen atoms in total. The monoisotopic (exact) mass is 384 g/mol. The molecule has 2 aromatic carbocycles. The molecule has 0 saturated carbocycles. The van der Waals surface area contributed by atoms with Crippen molar-refractivity contribution in [2.45, 2.75) is 25.4 Å². The van der Waals surface area contributed by atoms with Crippen molar-refractivity contribution in [1.29, 1.82) is 5.41 Å². The summed E-state index contributed by atoms with van der Waals surface area (Å²) in [5, 5.41) is 26.7. The summed E-state index contributed by atoms with van der Waals surface area (Å²) in [6.45, 7) is 1.02. The maximum atomic E-state index is 12.7. The van der Waals surface area contributed by atoms with Gasteiger partial charge in [-0.05, 0) is 30.5 Å². The smallest absolute Gasteiger partial charge is 0.269 e. The van der Waals surface area contributed by atoms with Crippen molar-refractivity contribution < 1.29 is 9.72 Å². The van der Waals surface area contributed by atoms with Crippen LogP contribution in [-0.4, -0.2) is 29.4 Å². The number of carbonyl (C=O) groups excluding carboxylic acids is 1. The van der Waals surface area contributed by atoms with Gasteiger partial charge in [-0.1, -0.05) is 30.3 Å². The first-order valence-corrected chi connectivity index (χ1v) is 8.86. The quantitative estimate of drug-likeness (QED) is 0.139. The van der Waals surface area contributed by atoms with Crippen LogP contribution in [0.2, 0.25) is 0 Å². The number of guanidine groups is 1. The van der Waals surface area contributed by atoms with Gasteiger partial charge in [0.2, 0.25) is 5.91 Å². The van der Waals surface area contributed by atoms with Gasteiger partial charge in [-0.3, -0.25) is 20.3 Å². The Morgan fingerprint density at radius 1 is 1.14 bits per heavy atom. The van der Waals surface area contributed by atoms with Crippen molar-refractivity contribution in [3.05, 3.63) is 70.3 Å². The predicted octanol–water partition coefficient (Wildman–Crippen LogP) is 1.95. The zero-order valence-electron chi connectivity index (χ0n) is 15.4. The molecule has 0 aliphatic heterocycles. The molecular formula is C19H24N6O3. The van der Waals surface area contributed by atoms with Crippen LogP contribution < -0.4 is 21.7 Å². The lowest BCUT2D eigenvalue weighted by atomic mass is 10.1. The number of nitrogens with two attached hydrogens (primary N) is 1. The van der Waals surface area contributed by atoms with E-state index in [9.17, 15) is 14.9 Å². The van der Waals surface area contributed by atoms with Gasteiger partial charge in [0.25, 0.3) is 5.69 Å². The Bertz CT molecular complexity index is 795. The molecule has 28 heavy (non-hydrogen) atoms. The number of hydrogen-bond donors (Lipinski definition) is 5. The first kappa shape index (κ1) is 20.8. The van der Waals surface area contributed by atoms with Crippen LogP contribution >= 0.6 is 0 Å². The van der Waals surface area contributed by atoms with Gasteiger partial charge in [-0.2, -0.15) is 0 Å². The fraction of sp³-hybridized carbons (Fsp3) is 0.263. The topological polar surface area (TPSA) is 146 Å². The number of nitro groups is 1. The number of anilines is 1. The molecule has 0 heterocycles. The zero-order valence-corrected chi connectivity index (χ0v) is 15.4. The number of nitro benzene ring substituents is 1. The molecule has 1 atom stereocenters. The summed E-state index contributed by atoms with van der Waals surface area (Å²) in [6, 6.07) is 14.9.